The molecule has 1 aliphatic rings. The lowest BCUT2D eigenvalue weighted by Gasteiger charge is -2.29. The number of esters is 1. The van der Waals surface area contributed by atoms with E-state index in [0.717, 1.165) is 13.1 Å². The third kappa shape index (κ3) is 4.15. The monoisotopic (exact) mass is 296 g/mol. The molecule has 2 N–H and O–H groups in total. The van der Waals surface area contributed by atoms with E-state index in [-0.39, 0.29) is 11.7 Å². The average Bonchev–Trinajstić information content (AvgIpc) is 2.49. The first kappa shape index (κ1) is 15.7. The van der Waals surface area contributed by atoms with Gasteiger partial charge in [0.1, 0.15) is 5.82 Å². The van der Waals surface area contributed by atoms with Gasteiger partial charge in [0, 0.05) is 19.6 Å². The van der Waals surface area contributed by atoms with Crippen LogP contribution in [0, 0.1) is 5.82 Å². The molecule has 0 amide bonds. The Hall–Kier alpha value is -1.66. The second kappa shape index (κ2) is 7.38. The van der Waals surface area contributed by atoms with Gasteiger partial charge in [-0.25, -0.2) is 4.39 Å². The van der Waals surface area contributed by atoms with Crippen molar-refractivity contribution < 1.29 is 18.7 Å². The van der Waals surface area contributed by atoms with E-state index in [4.69, 9.17) is 15.2 Å². The lowest BCUT2D eigenvalue weighted by Crippen LogP contribution is -2.40. The number of anilines is 1. The third-order valence-electron chi connectivity index (χ3n) is 3.54. The van der Waals surface area contributed by atoms with E-state index in [0.29, 0.717) is 31.9 Å². The zero-order valence-electron chi connectivity index (χ0n) is 12.2. The second-order valence-corrected chi connectivity index (χ2v) is 5.00. The number of nitrogen functional groups attached to an aromatic ring is 1. The summed E-state index contributed by atoms with van der Waals surface area (Å²) in [6, 6.07) is 4.48. The van der Waals surface area contributed by atoms with Crippen LogP contribution in [0.1, 0.15) is 18.4 Å². The predicted octanol–water partition coefficient (Wildman–Crippen LogP) is 1.39. The molecule has 0 bridgehead atoms. The predicted molar refractivity (Wildman–Crippen MR) is 77.4 cm³/mol. The van der Waals surface area contributed by atoms with Gasteiger partial charge < -0.3 is 15.2 Å². The van der Waals surface area contributed by atoms with E-state index in [2.05, 4.69) is 4.90 Å². The quantitative estimate of drug-likeness (QED) is 0.657. The molecule has 0 radical (unpaired) electrons. The van der Waals surface area contributed by atoms with Crippen LogP contribution in [-0.2, 0) is 14.3 Å². The molecule has 0 saturated carbocycles. The molecule has 1 aromatic rings. The molecule has 1 heterocycles. The highest BCUT2D eigenvalue weighted by Crippen LogP contribution is 2.23. The number of halogens is 1. The van der Waals surface area contributed by atoms with Crippen LogP contribution < -0.4 is 5.73 Å². The molecular weight excluding hydrogens is 275 g/mol. The summed E-state index contributed by atoms with van der Waals surface area (Å²) in [5.74, 6) is -1.37. The van der Waals surface area contributed by atoms with Crippen molar-refractivity contribution in [1.82, 2.24) is 4.90 Å². The summed E-state index contributed by atoms with van der Waals surface area (Å²) in [7, 11) is 0. The summed E-state index contributed by atoms with van der Waals surface area (Å²) in [5, 5.41) is 0. The molecule has 1 fully saturated rings. The molecule has 2 rings (SSSR count). The van der Waals surface area contributed by atoms with Crippen molar-refractivity contribution in [1.29, 1.82) is 0 Å². The Balaban J connectivity index is 2.17. The van der Waals surface area contributed by atoms with Crippen LogP contribution in [0.25, 0.3) is 0 Å². The largest absolute Gasteiger partial charge is 0.465 e. The first-order valence-corrected chi connectivity index (χ1v) is 7.13. The minimum Gasteiger partial charge on any atom is -0.465 e. The van der Waals surface area contributed by atoms with Crippen molar-refractivity contribution in [2.24, 2.45) is 0 Å². The molecule has 0 spiro atoms. The van der Waals surface area contributed by atoms with Gasteiger partial charge in [-0.1, -0.05) is 6.07 Å². The van der Waals surface area contributed by atoms with Crippen molar-refractivity contribution in [2.45, 2.75) is 12.8 Å². The van der Waals surface area contributed by atoms with Crippen LogP contribution >= 0.6 is 0 Å². The van der Waals surface area contributed by atoms with Crippen molar-refractivity contribution in [2.75, 3.05) is 45.2 Å². The van der Waals surface area contributed by atoms with Crippen molar-refractivity contribution in [3.63, 3.8) is 0 Å². The highest BCUT2D eigenvalue weighted by molar-refractivity contribution is 5.78. The van der Waals surface area contributed by atoms with Crippen LogP contribution in [-0.4, -0.2) is 50.3 Å². The Morgan fingerprint density at radius 2 is 2.19 bits per heavy atom. The van der Waals surface area contributed by atoms with Gasteiger partial charge in [0.2, 0.25) is 0 Å². The summed E-state index contributed by atoms with van der Waals surface area (Å²) < 4.78 is 24.1. The zero-order chi connectivity index (χ0) is 15.2. The van der Waals surface area contributed by atoms with Crippen LogP contribution in [0.3, 0.4) is 0 Å². The second-order valence-electron chi connectivity index (χ2n) is 5.00. The maximum Gasteiger partial charge on any atom is 0.314 e. The first-order valence-electron chi connectivity index (χ1n) is 7.13. The Kier molecular flexibility index (Phi) is 5.52. The molecule has 1 unspecified atom stereocenters. The van der Waals surface area contributed by atoms with Gasteiger partial charge >= 0.3 is 5.97 Å². The highest BCUT2D eigenvalue weighted by atomic mass is 19.1. The van der Waals surface area contributed by atoms with E-state index in [9.17, 15) is 9.18 Å². The summed E-state index contributed by atoms with van der Waals surface area (Å²) in [5.41, 5.74) is 6.16. The number of ether oxygens (including phenoxy) is 2. The number of hydrogen-bond acceptors (Lipinski definition) is 5. The molecule has 1 atom stereocenters. The number of hydrogen-bond donors (Lipinski definition) is 1. The first-order chi connectivity index (χ1) is 10.1. The Bertz CT molecular complexity index is 490. The van der Waals surface area contributed by atoms with Crippen LogP contribution in [0.5, 0.6) is 0 Å². The minimum atomic E-state index is -0.516. The number of morpholine rings is 1. The minimum absolute atomic E-state index is 0.0766. The number of nitrogens with two attached hydrogens (primary N) is 1. The number of carbonyl (C=O) groups is 1. The Morgan fingerprint density at radius 3 is 2.81 bits per heavy atom. The van der Waals surface area contributed by atoms with Crippen molar-refractivity contribution in [3.05, 3.63) is 29.6 Å². The smallest absolute Gasteiger partial charge is 0.314 e. The number of benzene rings is 1. The van der Waals surface area contributed by atoms with Crippen LogP contribution in [0.4, 0.5) is 10.1 Å². The highest BCUT2D eigenvalue weighted by Gasteiger charge is 2.26. The zero-order valence-corrected chi connectivity index (χ0v) is 12.2. The summed E-state index contributed by atoms with van der Waals surface area (Å²) in [4.78, 5) is 14.3. The van der Waals surface area contributed by atoms with Crippen molar-refractivity contribution in [3.8, 4) is 0 Å². The van der Waals surface area contributed by atoms with Crippen molar-refractivity contribution >= 4 is 11.7 Å². The lowest BCUT2D eigenvalue weighted by molar-refractivity contribution is -0.145. The SMILES string of the molecule is CCOC(=O)C(CN1CCOCC1)c1ccc(N)c(F)c1. The molecule has 1 aromatic carbocycles. The third-order valence-corrected chi connectivity index (χ3v) is 3.54. The number of nitrogens with zero attached hydrogens (tertiary/aromatic N) is 1. The maximum atomic E-state index is 13.7. The van der Waals surface area contributed by atoms with Crippen LogP contribution in [0.15, 0.2) is 18.2 Å². The Labute approximate surface area is 123 Å². The van der Waals surface area contributed by atoms with E-state index in [1.807, 2.05) is 0 Å². The fourth-order valence-electron chi connectivity index (χ4n) is 2.36. The van der Waals surface area contributed by atoms with Gasteiger partial charge in [-0.05, 0) is 24.6 Å². The van der Waals surface area contributed by atoms with E-state index >= 15 is 0 Å². The van der Waals surface area contributed by atoms with E-state index < -0.39 is 11.7 Å². The van der Waals surface area contributed by atoms with Gasteiger partial charge in [0.15, 0.2) is 0 Å². The average molecular weight is 296 g/mol. The van der Waals surface area contributed by atoms with Gasteiger partial charge in [-0.3, -0.25) is 9.69 Å². The molecule has 21 heavy (non-hydrogen) atoms. The molecule has 0 aromatic heterocycles. The topological polar surface area (TPSA) is 64.8 Å². The molecule has 6 heteroatoms. The van der Waals surface area contributed by atoms with Gasteiger partial charge in [0.25, 0.3) is 0 Å². The van der Waals surface area contributed by atoms with E-state index in [1.54, 1.807) is 13.0 Å². The Morgan fingerprint density at radius 1 is 1.48 bits per heavy atom. The molecule has 1 saturated heterocycles. The van der Waals surface area contributed by atoms with Gasteiger partial charge in [-0.15, -0.1) is 0 Å². The number of rotatable bonds is 5. The molecule has 5 nitrogen and oxygen atoms in total. The molecule has 0 aliphatic carbocycles. The molecule has 1 aliphatic heterocycles. The van der Waals surface area contributed by atoms with Crippen LogP contribution in [0.2, 0.25) is 0 Å². The van der Waals surface area contributed by atoms with Gasteiger partial charge in [-0.2, -0.15) is 0 Å². The number of carbonyl (C=O) groups excluding carboxylic acids is 1. The van der Waals surface area contributed by atoms with Gasteiger partial charge in [0.05, 0.1) is 31.4 Å². The fourth-order valence-corrected chi connectivity index (χ4v) is 2.36. The summed E-state index contributed by atoms with van der Waals surface area (Å²) in [6.45, 7) is 5.35. The molecule has 116 valence electrons. The fraction of sp³-hybridized carbons (Fsp3) is 0.533. The molecular formula is C15H21FN2O3. The lowest BCUT2D eigenvalue weighted by atomic mass is 9.97. The maximum absolute atomic E-state index is 13.7. The summed E-state index contributed by atoms with van der Waals surface area (Å²) in [6.07, 6.45) is 0. The summed E-state index contributed by atoms with van der Waals surface area (Å²) >= 11 is 0. The van der Waals surface area contributed by atoms with E-state index in [1.165, 1.54) is 12.1 Å². The normalized spacial score (nSPS) is 17.4. The standard InChI is InChI=1S/C15H21FN2O3/c1-2-21-15(19)12(10-18-5-7-20-8-6-18)11-3-4-14(17)13(16)9-11/h3-4,9,12H,2,5-8,10,17H2,1H3.